The fourth-order valence-electron chi connectivity index (χ4n) is 8.15. The SMILES string of the molecule is CO[C@@H]1/C=C/O[C@@]2(C)Oc3c(C)c(O)c4c(O)c(cc(N5CCC(C)CC5)c4c3C2=O)NC(=O)/C(C)=C\C=C\[C@@H](C)[C@H](O)[C@H](C)[C@H](O)[C@@H](C)[C@@H](OC(C)=O)[C@H]1C. The van der Waals surface area contributed by atoms with Crippen molar-refractivity contribution in [2.75, 3.05) is 30.4 Å². The Morgan fingerprint density at radius 1 is 0.946 bits per heavy atom. The number of aliphatic hydroxyl groups excluding tert-OH is 2. The Hall–Kier alpha value is -4.59. The molecular weight excluding hydrogens is 720 g/mol. The van der Waals surface area contributed by atoms with Crippen LogP contribution in [0.1, 0.15) is 84.2 Å². The molecule has 2 aromatic rings. The zero-order valence-corrected chi connectivity index (χ0v) is 34.1. The van der Waals surface area contributed by atoms with E-state index in [1.807, 2.05) is 0 Å². The van der Waals surface area contributed by atoms with Crippen LogP contribution in [0.2, 0.25) is 0 Å². The van der Waals surface area contributed by atoms with Crippen molar-refractivity contribution in [2.24, 2.45) is 29.6 Å². The molecule has 1 amide bonds. The predicted molar refractivity (Wildman–Crippen MR) is 213 cm³/mol. The number of nitrogens with zero attached hydrogens (tertiary/aromatic N) is 1. The first-order valence-corrected chi connectivity index (χ1v) is 19.4. The van der Waals surface area contributed by atoms with Crippen LogP contribution in [0.25, 0.3) is 10.8 Å². The predicted octanol–water partition coefficient (Wildman–Crippen LogP) is 6.28. The van der Waals surface area contributed by atoms with Gasteiger partial charge in [0.2, 0.25) is 0 Å². The summed E-state index contributed by atoms with van der Waals surface area (Å²) in [5.74, 6) is -5.96. The summed E-state index contributed by atoms with van der Waals surface area (Å²) in [7, 11) is 1.47. The van der Waals surface area contributed by atoms with Gasteiger partial charge in [-0.25, -0.2) is 0 Å². The molecule has 1 saturated heterocycles. The van der Waals surface area contributed by atoms with Crippen LogP contribution in [-0.2, 0) is 23.8 Å². The Morgan fingerprint density at radius 2 is 1.61 bits per heavy atom. The molecule has 0 aromatic heterocycles. The molecule has 1 fully saturated rings. The van der Waals surface area contributed by atoms with E-state index in [4.69, 9.17) is 18.9 Å². The van der Waals surface area contributed by atoms with Gasteiger partial charge in [-0.15, -0.1) is 0 Å². The van der Waals surface area contributed by atoms with Crippen molar-refractivity contribution < 1.29 is 53.8 Å². The van der Waals surface area contributed by atoms with Crippen molar-refractivity contribution in [1.29, 1.82) is 0 Å². The largest absolute Gasteiger partial charge is 0.507 e. The first-order chi connectivity index (χ1) is 26.3. The Morgan fingerprint density at radius 3 is 2.23 bits per heavy atom. The minimum absolute atomic E-state index is 0.00146. The number of phenolic OH excluding ortho intramolecular Hbond substituents is 2. The third kappa shape index (κ3) is 8.12. The van der Waals surface area contributed by atoms with Crippen molar-refractivity contribution in [2.45, 2.75) is 105 Å². The van der Waals surface area contributed by atoms with Gasteiger partial charge in [0.25, 0.3) is 11.7 Å². The number of aromatic hydroxyl groups is 2. The molecule has 306 valence electrons. The summed E-state index contributed by atoms with van der Waals surface area (Å²) in [5.41, 5.74) is 1.21. The number of hydrogen-bond acceptors (Lipinski definition) is 12. The molecule has 13 heteroatoms. The minimum Gasteiger partial charge on any atom is -0.507 e. The number of hydrogen-bond donors (Lipinski definition) is 5. The molecule has 0 unspecified atom stereocenters. The lowest BCUT2D eigenvalue weighted by atomic mass is 9.78. The molecule has 0 spiro atoms. The van der Waals surface area contributed by atoms with Gasteiger partial charge >= 0.3 is 11.8 Å². The fraction of sp³-hybridized carbons (Fsp3) is 0.558. The topological polar surface area (TPSA) is 184 Å². The number of esters is 1. The van der Waals surface area contributed by atoms with Gasteiger partial charge < -0.3 is 49.6 Å². The van der Waals surface area contributed by atoms with Crippen molar-refractivity contribution in [3.05, 3.63) is 53.3 Å². The normalized spacial score (nSPS) is 33.0. The van der Waals surface area contributed by atoms with Crippen LogP contribution in [0.3, 0.4) is 0 Å². The highest BCUT2D eigenvalue weighted by Crippen LogP contribution is 2.54. The second kappa shape index (κ2) is 16.9. The third-order valence-corrected chi connectivity index (χ3v) is 12.0. The smallest absolute Gasteiger partial charge is 0.312 e. The summed E-state index contributed by atoms with van der Waals surface area (Å²) in [4.78, 5) is 42.6. The number of amides is 1. The number of allylic oxidation sites excluding steroid dienone is 2. The lowest BCUT2D eigenvalue weighted by Crippen LogP contribution is -2.46. The van der Waals surface area contributed by atoms with Gasteiger partial charge in [-0.1, -0.05) is 52.8 Å². The summed E-state index contributed by atoms with van der Waals surface area (Å²) in [6, 6.07) is 1.63. The van der Waals surface area contributed by atoms with Crippen LogP contribution >= 0.6 is 0 Å². The molecule has 0 saturated carbocycles. The van der Waals surface area contributed by atoms with Gasteiger partial charge in [0.05, 0.1) is 41.2 Å². The Kier molecular flexibility index (Phi) is 12.8. The summed E-state index contributed by atoms with van der Waals surface area (Å²) in [6.07, 6.45) is 5.83. The number of ether oxygens (including phenoxy) is 4. The van der Waals surface area contributed by atoms with Gasteiger partial charge in [-0.2, -0.15) is 0 Å². The highest BCUT2D eigenvalue weighted by Gasteiger charge is 2.50. The summed E-state index contributed by atoms with van der Waals surface area (Å²) >= 11 is 0. The van der Waals surface area contributed by atoms with E-state index in [2.05, 4.69) is 17.1 Å². The number of rotatable bonds is 3. The van der Waals surface area contributed by atoms with Crippen LogP contribution in [0, 0.1) is 36.5 Å². The van der Waals surface area contributed by atoms with E-state index in [0.29, 0.717) is 24.7 Å². The molecule has 5 bridgehead atoms. The number of ketones is 1. The van der Waals surface area contributed by atoms with Crippen molar-refractivity contribution in [3.63, 3.8) is 0 Å². The molecule has 2 aromatic carbocycles. The van der Waals surface area contributed by atoms with Crippen LogP contribution in [0.4, 0.5) is 11.4 Å². The van der Waals surface area contributed by atoms with Gasteiger partial charge in [0.15, 0.2) is 5.75 Å². The highest BCUT2D eigenvalue weighted by atomic mass is 16.7. The molecule has 13 nitrogen and oxygen atoms in total. The number of anilines is 2. The quantitative estimate of drug-likeness (QED) is 0.174. The van der Waals surface area contributed by atoms with Crippen LogP contribution in [0.15, 0.2) is 42.2 Å². The maximum absolute atomic E-state index is 14.6. The number of carbonyl (C=O) groups is 3. The van der Waals surface area contributed by atoms with Crippen LogP contribution in [-0.4, -0.2) is 88.5 Å². The number of fused-ring (bicyclic) bond motifs is 14. The second-order valence-corrected chi connectivity index (χ2v) is 16.1. The van der Waals surface area contributed by atoms with E-state index in [1.165, 1.54) is 27.2 Å². The van der Waals surface area contributed by atoms with Crippen LogP contribution < -0.4 is 15.0 Å². The molecule has 4 aliphatic heterocycles. The Labute approximate surface area is 328 Å². The number of piperidine rings is 1. The Balaban J connectivity index is 1.69. The highest BCUT2D eigenvalue weighted by molar-refractivity contribution is 6.23. The van der Waals surface area contributed by atoms with Gasteiger partial charge in [0, 0.05) is 79.9 Å². The van der Waals surface area contributed by atoms with Crippen molar-refractivity contribution in [1.82, 2.24) is 0 Å². The molecule has 9 atom stereocenters. The molecule has 0 aliphatic carbocycles. The fourth-order valence-corrected chi connectivity index (χ4v) is 8.15. The summed E-state index contributed by atoms with van der Waals surface area (Å²) in [5, 5.41) is 49.4. The molecule has 6 rings (SSSR count). The molecule has 0 radical (unpaired) electrons. The minimum atomic E-state index is -1.90. The zero-order valence-electron chi connectivity index (χ0n) is 34.1. The third-order valence-electron chi connectivity index (χ3n) is 12.0. The molecule has 56 heavy (non-hydrogen) atoms. The molecule has 4 aliphatic rings. The number of phenols is 2. The average molecular weight is 779 g/mol. The average Bonchev–Trinajstić information content (AvgIpc) is 3.43. The molecule has 4 heterocycles. The van der Waals surface area contributed by atoms with E-state index in [-0.39, 0.29) is 44.7 Å². The monoisotopic (exact) mass is 778 g/mol. The molecule has 5 N–H and O–H groups in total. The standard InChI is InChI=1S/C43H58N2O11/c1-21-14-17-45(18-15-21)30-20-29-38(50)33-32(30)34-40(27(7)37(33)49)56-43(9,41(34)51)54-19-16-31(53-10)24(4)39(55-28(8)46)26(6)36(48)25(5)35(47)22(2)12-11-13-23(3)42(52)44-29/h11-13,16,19-22,24-26,31,35-36,39,47-50H,14-15,17-18H2,1-10H3,(H,44,52)/b12-11+,19-16+,23-13-/t22-,24+,25+,26-,31-,35+,36+,39+,43+/m1/s1. The van der Waals surface area contributed by atoms with Gasteiger partial charge in [0.1, 0.15) is 17.6 Å². The maximum atomic E-state index is 14.6. The van der Waals surface area contributed by atoms with E-state index in [9.17, 15) is 34.8 Å². The number of nitrogens with one attached hydrogen (secondary N) is 1. The van der Waals surface area contributed by atoms with Gasteiger partial charge in [-0.05, 0) is 44.7 Å². The number of aliphatic hydroxyl groups is 2. The van der Waals surface area contributed by atoms with E-state index in [0.717, 1.165) is 12.8 Å². The van der Waals surface area contributed by atoms with Crippen LogP contribution in [0.5, 0.6) is 17.2 Å². The van der Waals surface area contributed by atoms with E-state index in [1.54, 1.807) is 71.9 Å². The van der Waals surface area contributed by atoms with Gasteiger partial charge in [-0.3, -0.25) is 14.4 Å². The Bertz CT molecular complexity index is 1930. The van der Waals surface area contributed by atoms with E-state index >= 15 is 0 Å². The van der Waals surface area contributed by atoms with E-state index < -0.39 is 77.3 Å². The maximum Gasteiger partial charge on any atom is 0.312 e. The number of benzene rings is 2. The zero-order chi connectivity index (χ0) is 41.4. The second-order valence-electron chi connectivity index (χ2n) is 16.1. The van der Waals surface area contributed by atoms with Crippen molar-refractivity contribution in [3.8, 4) is 17.2 Å². The van der Waals surface area contributed by atoms with Crippen molar-refractivity contribution >= 4 is 39.8 Å². The number of methoxy groups -OCH3 is 1. The molecular formula is C43H58N2O11. The first kappa shape index (κ1) is 42.6. The lowest BCUT2D eigenvalue weighted by molar-refractivity contribution is -0.160. The first-order valence-electron chi connectivity index (χ1n) is 19.4. The lowest BCUT2D eigenvalue weighted by Gasteiger charge is -2.38. The summed E-state index contributed by atoms with van der Waals surface area (Å²) < 4.78 is 23.9. The number of Topliss-reactive ketones (excluding diaryl/α,β-unsaturated/α-hetero) is 1. The number of carbonyl (C=O) groups excluding carboxylic acids is 3. The summed E-state index contributed by atoms with van der Waals surface area (Å²) in [6.45, 7) is 16.4.